The fourth-order valence-corrected chi connectivity index (χ4v) is 5.50. The highest BCUT2D eigenvalue weighted by Gasteiger charge is 2.33. The molecule has 7 heteroatoms. The standard InChI is InChI=1S/C24H31N3O3S/c1-17-15-20(25-24(28)19-6-9-22(10-7-19)31(3,29)30)8-11-23(17)26-14-12-21(16-26)27-13-4-5-18(27)2/h6-11,15,18,21H,4-5,12-14,16H2,1-3H3,(H,25,28). The molecule has 0 aliphatic carbocycles. The molecule has 2 aliphatic heterocycles. The van der Waals surface area contributed by atoms with Crippen LogP contribution in [0.5, 0.6) is 0 Å². The van der Waals surface area contributed by atoms with Crippen LogP contribution in [0.1, 0.15) is 42.1 Å². The van der Waals surface area contributed by atoms with Crippen LogP contribution in [0.4, 0.5) is 11.4 Å². The molecule has 0 aromatic heterocycles. The van der Waals surface area contributed by atoms with Crippen LogP contribution in [-0.2, 0) is 9.84 Å². The second-order valence-electron chi connectivity index (χ2n) is 8.87. The molecule has 31 heavy (non-hydrogen) atoms. The van der Waals surface area contributed by atoms with Crippen molar-refractivity contribution in [3.63, 3.8) is 0 Å². The number of hydrogen-bond donors (Lipinski definition) is 1. The van der Waals surface area contributed by atoms with E-state index < -0.39 is 9.84 Å². The summed E-state index contributed by atoms with van der Waals surface area (Å²) in [6.07, 6.45) is 4.97. The van der Waals surface area contributed by atoms with E-state index >= 15 is 0 Å². The van der Waals surface area contributed by atoms with Crippen LogP contribution in [0.3, 0.4) is 0 Å². The molecule has 0 saturated carbocycles. The Bertz CT molecular complexity index is 1070. The number of rotatable bonds is 5. The van der Waals surface area contributed by atoms with Crippen LogP contribution in [0.25, 0.3) is 0 Å². The van der Waals surface area contributed by atoms with Gasteiger partial charge in [0.1, 0.15) is 0 Å². The Morgan fingerprint density at radius 1 is 1.06 bits per heavy atom. The van der Waals surface area contributed by atoms with E-state index in [1.54, 1.807) is 0 Å². The smallest absolute Gasteiger partial charge is 0.255 e. The third kappa shape index (κ3) is 4.77. The van der Waals surface area contributed by atoms with Gasteiger partial charge in [0.2, 0.25) is 0 Å². The molecule has 2 fully saturated rings. The number of nitrogens with zero attached hydrogens (tertiary/aromatic N) is 2. The van der Waals surface area contributed by atoms with Crippen molar-refractivity contribution in [2.45, 2.75) is 50.1 Å². The lowest BCUT2D eigenvalue weighted by atomic mass is 10.1. The summed E-state index contributed by atoms with van der Waals surface area (Å²) in [5.41, 5.74) is 3.53. The van der Waals surface area contributed by atoms with Crippen LogP contribution >= 0.6 is 0 Å². The summed E-state index contributed by atoms with van der Waals surface area (Å²) in [5, 5.41) is 2.92. The molecule has 166 valence electrons. The highest BCUT2D eigenvalue weighted by atomic mass is 32.2. The van der Waals surface area contributed by atoms with Gasteiger partial charge in [0, 0.05) is 48.4 Å². The van der Waals surface area contributed by atoms with Gasteiger partial charge >= 0.3 is 0 Å². The average Bonchev–Trinajstić information content (AvgIpc) is 3.36. The summed E-state index contributed by atoms with van der Waals surface area (Å²) in [6, 6.07) is 13.4. The Balaban J connectivity index is 1.41. The molecular weight excluding hydrogens is 410 g/mol. The predicted molar refractivity (Wildman–Crippen MR) is 125 cm³/mol. The number of nitrogens with one attached hydrogen (secondary N) is 1. The van der Waals surface area contributed by atoms with Crippen molar-refractivity contribution in [3.8, 4) is 0 Å². The lowest BCUT2D eigenvalue weighted by Crippen LogP contribution is -2.39. The summed E-state index contributed by atoms with van der Waals surface area (Å²) in [7, 11) is -3.27. The lowest BCUT2D eigenvalue weighted by molar-refractivity contribution is 0.102. The van der Waals surface area contributed by atoms with Crippen molar-refractivity contribution >= 4 is 27.1 Å². The maximum Gasteiger partial charge on any atom is 0.255 e. The Morgan fingerprint density at radius 2 is 1.81 bits per heavy atom. The maximum atomic E-state index is 12.6. The number of aryl methyl sites for hydroxylation is 1. The fraction of sp³-hybridized carbons (Fsp3) is 0.458. The normalized spacial score (nSPS) is 22.1. The number of anilines is 2. The molecule has 2 unspecified atom stereocenters. The van der Waals surface area contributed by atoms with Crippen LogP contribution in [-0.4, -0.2) is 57.2 Å². The van der Waals surface area contributed by atoms with Crippen LogP contribution in [0.2, 0.25) is 0 Å². The lowest BCUT2D eigenvalue weighted by Gasteiger charge is -2.29. The molecule has 0 spiro atoms. The second kappa shape index (κ2) is 8.63. The molecule has 2 atom stereocenters. The highest BCUT2D eigenvalue weighted by molar-refractivity contribution is 7.90. The minimum absolute atomic E-state index is 0.205. The molecule has 2 heterocycles. The third-order valence-corrected chi connectivity index (χ3v) is 7.71. The Morgan fingerprint density at radius 3 is 2.42 bits per heavy atom. The van der Waals surface area contributed by atoms with Crippen molar-refractivity contribution in [1.29, 1.82) is 0 Å². The van der Waals surface area contributed by atoms with Gasteiger partial charge in [-0.05, 0) is 87.7 Å². The van der Waals surface area contributed by atoms with E-state index in [-0.39, 0.29) is 10.8 Å². The zero-order valence-electron chi connectivity index (χ0n) is 18.5. The molecule has 2 aromatic carbocycles. The van der Waals surface area contributed by atoms with E-state index in [1.807, 2.05) is 12.1 Å². The maximum absolute atomic E-state index is 12.6. The number of benzene rings is 2. The molecule has 2 aromatic rings. The van der Waals surface area contributed by atoms with Crippen molar-refractivity contribution in [3.05, 3.63) is 53.6 Å². The van der Waals surface area contributed by atoms with Crippen molar-refractivity contribution in [1.82, 2.24) is 4.90 Å². The minimum Gasteiger partial charge on any atom is -0.370 e. The number of carbonyl (C=O) groups excluding carboxylic acids is 1. The molecule has 1 N–H and O–H groups in total. The van der Waals surface area contributed by atoms with Gasteiger partial charge < -0.3 is 10.2 Å². The van der Waals surface area contributed by atoms with Gasteiger partial charge in [0.25, 0.3) is 5.91 Å². The van der Waals surface area contributed by atoms with Crippen LogP contribution < -0.4 is 10.2 Å². The summed E-state index contributed by atoms with van der Waals surface area (Å²) in [4.78, 5) is 17.9. The molecule has 6 nitrogen and oxygen atoms in total. The zero-order valence-corrected chi connectivity index (χ0v) is 19.3. The molecule has 4 rings (SSSR count). The quantitative estimate of drug-likeness (QED) is 0.766. The van der Waals surface area contributed by atoms with Crippen molar-refractivity contribution < 1.29 is 13.2 Å². The Hall–Kier alpha value is -2.38. The summed E-state index contributed by atoms with van der Waals surface area (Å²) >= 11 is 0. The van der Waals surface area contributed by atoms with Gasteiger partial charge in [-0.3, -0.25) is 9.69 Å². The number of sulfone groups is 1. The summed E-state index contributed by atoms with van der Waals surface area (Å²) in [5.74, 6) is -0.253. The molecule has 0 bridgehead atoms. The van der Waals surface area contributed by atoms with Crippen LogP contribution in [0, 0.1) is 6.92 Å². The minimum atomic E-state index is -3.27. The van der Waals surface area contributed by atoms with Crippen molar-refractivity contribution in [2.75, 3.05) is 36.1 Å². The van der Waals surface area contributed by atoms with E-state index in [4.69, 9.17) is 0 Å². The van der Waals surface area contributed by atoms with Gasteiger partial charge in [0.15, 0.2) is 9.84 Å². The molecule has 1 amide bonds. The fourth-order valence-electron chi connectivity index (χ4n) is 4.87. The van der Waals surface area contributed by atoms with Crippen molar-refractivity contribution in [2.24, 2.45) is 0 Å². The van der Waals surface area contributed by atoms with Gasteiger partial charge in [-0.15, -0.1) is 0 Å². The SMILES string of the molecule is Cc1cc(NC(=O)c2ccc(S(C)(=O)=O)cc2)ccc1N1CCC(N2CCCC2C)C1. The Kier molecular flexibility index (Phi) is 6.08. The van der Waals surface area contributed by atoms with E-state index in [0.717, 1.165) is 30.6 Å². The topological polar surface area (TPSA) is 69.7 Å². The monoisotopic (exact) mass is 441 g/mol. The first-order valence-corrected chi connectivity index (χ1v) is 12.8. The number of amides is 1. The van der Waals surface area contributed by atoms with Crippen LogP contribution in [0.15, 0.2) is 47.4 Å². The molecule has 2 aliphatic rings. The first-order valence-electron chi connectivity index (χ1n) is 11.0. The van der Waals surface area contributed by atoms with E-state index in [0.29, 0.717) is 17.6 Å². The molecule has 0 radical (unpaired) electrons. The van der Waals surface area contributed by atoms with Gasteiger partial charge in [-0.1, -0.05) is 0 Å². The first kappa shape index (κ1) is 21.8. The summed E-state index contributed by atoms with van der Waals surface area (Å²) in [6.45, 7) is 7.76. The first-order chi connectivity index (χ1) is 14.7. The average molecular weight is 442 g/mol. The zero-order chi connectivity index (χ0) is 22.2. The Labute approximate surface area is 185 Å². The second-order valence-corrected chi connectivity index (χ2v) is 10.9. The number of carbonyl (C=O) groups is 1. The third-order valence-electron chi connectivity index (χ3n) is 6.58. The van der Waals surface area contributed by atoms with E-state index in [9.17, 15) is 13.2 Å². The number of hydrogen-bond acceptors (Lipinski definition) is 5. The highest BCUT2D eigenvalue weighted by Crippen LogP contribution is 2.31. The molecular formula is C24H31N3O3S. The predicted octanol–water partition coefficient (Wildman–Crippen LogP) is 3.71. The van der Waals surface area contributed by atoms with Gasteiger partial charge in [-0.25, -0.2) is 8.42 Å². The van der Waals surface area contributed by atoms with Gasteiger partial charge in [0.05, 0.1) is 4.90 Å². The molecule has 2 saturated heterocycles. The number of likely N-dealkylation sites (tertiary alicyclic amines) is 1. The van der Waals surface area contributed by atoms with E-state index in [1.165, 1.54) is 55.8 Å². The van der Waals surface area contributed by atoms with Gasteiger partial charge in [-0.2, -0.15) is 0 Å². The summed E-state index contributed by atoms with van der Waals surface area (Å²) < 4.78 is 23.2. The largest absolute Gasteiger partial charge is 0.370 e. The van der Waals surface area contributed by atoms with E-state index in [2.05, 4.69) is 35.0 Å².